The van der Waals surface area contributed by atoms with Crippen LogP contribution in [0, 0.1) is 0 Å². The third kappa shape index (κ3) is 3.93. The summed E-state index contributed by atoms with van der Waals surface area (Å²) in [4.78, 5) is 16.7. The lowest BCUT2D eigenvalue weighted by Gasteiger charge is -2.35. The molecule has 1 saturated carbocycles. The van der Waals surface area contributed by atoms with E-state index in [1.54, 1.807) is 0 Å². The van der Waals surface area contributed by atoms with E-state index in [1.807, 2.05) is 17.0 Å². The number of piperazine rings is 1. The molecule has 2 fully saturated rings. The molecule has 5 rings (SSSR count). The van der Waals surface area contributed by atoms with Gasteiger partial charge in [-0.15, -0.1) is 5.10 Å². The first kappa shape index (κ1) is 19.2. The maximum Gasteiger partial charge on any atom is 0.260 e. The first-order valence-corrected chi connectivity index (χ1v) is 10.8. The predicted molar refractivity (Wildman–Crippen MR) is 113 cm³/mol. The van der Waals surface area contributed by atoms with Gasteiger partial charge < -0.3 is 19.3 Å². The van der Waals surface area contributed by atoms with Gasteiger partial charge in [-0.05, 0) is 44.9 Å². The van der Waals surface area contributed by atoms with E-state index < -0.39 is 0 Å². The quantitative estimate of drug-likeness (QED) is 0.758. The monoisotopic (exact) mass is 408 g/mol. The highest BCUT2D eigenvalue weighted by Gasteiger charge is 2.32. The Kier molecular flexibility index (Phi) is 4.76. The van der Waals surface area contributed by atoms with Crippen molar-refractivity contribution in [2.75, 3.05) is 37.7 Å². The summed E-state index contributed by atoms with van der Waals surface area (Å²) >= 11 is 0. The van der Waals surface area contributed by atoms with Crippen LogP contribution in [0.15, 0.2) is 30.3 Å². The first-order chi connectivity index (χ1) is 14.5. The van der Waals surface area contributed by atoms with Crippen LogP contribution in [0.25, 0.3) is 0 Å². The Balaban J connectivity index is 1.14. The second-order valence-electron chi connectivity index (χ2n) is 9.03. The van der Waals surface area contributed by atoms with E-state index in [9.17, 15) is 4.79 Å². The minimum absolute atomic E-state index is 0.000300. The van der Waals surface area contributed by atoms with Crippen LogP contribution in [0.1, 0.15) is 43.9 Å². The molecule has 30 heavy (non-hydrogen) atoms. The standard InChI is InChI=1S/C23H28N4O3/c1-23(2)14-17-4-3-5-19(22(17)30-23)29-15-21(28)27-12-10-26(11-13-27)20-9-8-18(24-25-20)16-6-7-16/h3-5,8-9,16H,6-7,10-15H2,1-2H3. The fraction of sp³-hybridized carbons (Fsp3) is 0.522. The maximum atomic E-state index is 12.7. The minimum Gasteiger partial charge on any atom is -0.483 e. The summed E-state index contributed by atoms with van der Waals surface area (Å²) in [5.74, 6) is 2.93. The van der Waals surface area contributed by atoms with Crippen molar-refractivity contribution >= 4 is 11.7 Å². The fourth-order valence-electron chi connectivity index (χ4n) is 4.22. The lowest BCUT2D eigenvalue weighted by molar-refractivity contribution is -0.133. The summed E-state index contributed by atoms with van der Waals surface area (Å²) in [6, 6.07) is 10.0. The molecule has 158 valence electrons. The van der Waals surface area contributed by atoms with Crippen LogP contribution in [-0.4, -0.2) is 59.4 Å². The Morgan fingerprint density at radius 1 is 1.13 bits per heavy atom. The van der Waals surface area contributed by atoms with E-state index in [4.69, 9.17) is 9.47 Å². The number of ether oxygens (including phenoxy) is 2. The Bertz CT molecular complexity index is 932. The van der Waals surface area contributed by atoms with Crippen molar-refractivity contribution in [2.24, 2.45) is 0 Å². The maximum absolute atomic E-state index is 12.7. The van der Waals surface area contributed by atoms with E-state index in [1.165, 1.54) is 12.8 Å². The van der Waals surface area contributed by atoms with Gasteiger partial charge in [0.05, 0.1) is 5.69 Å². The van der Waals surface area contributed by atoms with Gasteiger partial charge in [0, 0.05) is 44.1 Å². The van der Waals surface area contributed by atoms with Crippen molar-refractivity contribution in [1.29, 1.82) is 0 Å². The highest BCUT2D eigenvalue weighted by molar-refractivity contribution is 5.78. The van der Waals surface area contributed by atoms with Gasteiger partial charge >= 0.3 is 0 Å². The molecule has 3 aliphatic rings. The molecule has 1 aliphatic carbocycles. The summed E-state index contributed by atoms with van der Waals surface area (Å²) in [5, 5.41) is 8.76. The van der Waals surface area contributed by atoms with Gasteiger partial charge in [-0.2, -0.15) is 5.10 Å². The second-order valence-corrected chi connectivity index (χ2v) is 9.03. The summed E-state index contributed by atoms with van der Waals surface area (Å²) < 4.78 is 11.9. The number of carbonyl (C=O) groups excluding carboxylic acids is 1. The van der Waals surface area contributed by atoms with Gasteiger partial charge in [-0.25, -0.2) is 0 Å². The predicted octanol–water partition coefficient (Wildman–Crippen LogP) is 2.80. The molecular weight excluding hydrogens is 380 g/mol. The van der Waals surface area contributed by atoms with Crippen molar-refractivity contribution < 1.29 is 14.3 Å². The molecule has 0 radical (unpaired) electrons. The van der Waals surface area contributed by atoms with Crippen LogP contribution in [0.4, 0.5) is 5.82 Å². The molecule has 2 aliphatic heterocycles. The van der Waals surface area contributed by atoms with Crippen molar-refractivity contribution in [2.45, 2.75) is 44.6 Å². The van der Waals surface area contributed by atoms with Crippen LogP contribution >= 0.6 is 0 Å². The van der Waals surface area contributed by atoms with Gasteiger partial charge in [0.25, 0.3) is 5.91 Å². The van der Waals surface area contributed by atoms with Crippen LogP contribution in [-0.2, 0) is 11.2 Å². The molecule has 3 heterocycles. The van der Waals surface area contributed by atoms with Crippen molar-refractivity contribution in [3.05, 3.63) is 41.6 Å². The normalized spacial score (nSPS) is 19.9. The number of benzene rings is 1. The molecule has 1 aromatic carbocycles. The number of carbonyl (C=O) groups is 1. The van der Waals surface area contributed by atoms with Crippen LogP contribution in [0.3, 0.4) is 0 Å². The number of anilines is 1. The first-order valence-electron chi connectivity index (χ1n) is 10.8. The summed E-state index contributed by atoms with van der Waals surface area (Å²) in [6.07, 6.45) is 3.30. The van der Waals surface area contributed by atoms with Gasteiger partial charge in [-0.1, -0.05) is 12.1 Å². The molecule has 0 N–H and O–H groups in total. The topological polar surface area (TPSA) is 67.8 Å². The van der Waals surface area contributed by atoms with Crippen LogP contribution in [0.5, 0.6) is 11.5 Å². The van der Waals surface area contributed by atoms with E-state index in [-0.39, 0.29) is 18.1 Å². The Hall–Kier alpha value is -2.83. The van der Waals surface area contributed by atoms with Gasteiger partial charge in [0.1, 0.15) is 5.60 Å². The van der Waals surface area contributed by atoms with Gasteiger partial charge in [0.15, 0.2) is 23.9 Å². The Morgan fingerprint density at radius 3 is 2.63 bits per heavy atom. The smallest absolute Gasteiger partial charge is 0.260 e. The van der Waals surface area contributed by atoms with Crippen molar-refractivity contribution in [3.63, 3.8) is 0 Å². The zero-order chi connectivity index (χ0) is 20.7. The Labute approximate surface area is 177 Å². The molecule has 0 bridgehead atoms. The number of amides is 1. The van der Waals surface area contributed by atoms with E-state index in [0.717, 1.165) is 42.3 Å². The lowest BCUT2D eigenvalue weighted by Crippen LogP contribution is -2.50. The SMILES string of the molecule is CC1(C)Cc2cccc(OCC(=O)N3CCN(c4ccc(C5CC5)nn4)CC3)c2O1. The van der Waals surface area contributed by atoms with E-state index in [0.29, 0.717) is 24.8 Å². The highest BCUT2D eigenvalue weighted by Crippen LogP contribution is 2.41. The highest BCUT2D eigenvalue weighted by atomic mass is 16.5. The Morgan fingerprint density at radius 2 is 1.93 bits per heavy atom. The number of aromatic nitrogens is 2. The molecule has 7 nitrogen and oxygen atoms in total. The number of fused-ring (bicyclic) bond motifs is 1. The molecule has 7 heteroatoms. The summed E-state index contributed by atoms with van der Waals surface area (Å²) in [6.45, 7) is 6.96. The van der Waals surface area contributed by atoms with Gasteiger partial charge in [0.2, 0.25) is 0 Å². The molecule has 1 saturated heterocycles. The zero-order valence-corrected chi connectivity index (χ0v) is 17.6. The third-order valence-electron chi connectivity index (χ3n) is 6.03. The van der Waals surface area contributed by atoms with Crippen LogP contribution < -0.4 is 14.4 Å². The zero-order valence-electron chi connectivity index (χ0n) is 17.6. The lowest BCUT2D eigenvalue weighted by atomic mass is 10.0. The van der Waals surface area contributed by atoms with E-state index >= 15 is 0 Å². The molecule has 1 aromatic heterocycles. The number of para-hydroxylation sites is 1. The molecule has 1 amide bonds. The average Bonchev–Trinajstić information content (AvgIpc) is 3.54. The number of nitrogens with zero attached hydrogens (tertiary/aromatic N) is 4. The minimum atomic E-state index is -0.234. The molecule has 2 aromatic rings. The summed E-state index contributed by atoms with van der Waals surface area (Å²) in [5.41, 5.74) is 2.00. The third-order valence-corrected chi connectivity index (χ3v) is 6.03. The van der Waals surface area contributed by atoms with E-state index in [2.05, 4.69) is 47.1 Å². The molecule has 0 atom stereocenters. The number of hydrogen-bond acceptors (Lipinski definition) is 6. The average molecular weight is 409 g/mol. The molecule has 0 spiro atoms. The number of hydrogen-bond donors (Lipinski definition) is 0. The van der Waals surface area contributed by atoms with Crippen molar-refractivity contribution in [3.8, 4) is 11.5 Å². The van der Waals surface area contributed by atoms with Crippen molar-refractivity contribution in [1.82, 2.24) is 15.1 Å². The fourth-order valence-corrected chi connectivity index (χ4v) is 4.22. The summed E-state index contributed by atoms with van der Waals surface area (Å²) in [7, 11) is 0. The second kappa shape index (κ2) is 7.45. The molecule has 0 unspecified atom stereocenters. The van der Waals surface area contributed by atoms with Crippen LogP contribution in [0.2, 0.25) is 0 Å². The molecular formula is C23H28N4O3. The van der Waals surface area contributed by atoms with Gasteiger partial charge in [-0.3, -0.25) is 4.79 Å². The largest absolute Gasteiger partial charge is 0.483 e. The number of rotatable bonds is 5.